The highest BCUT2D eigenvalue weighted by molar-refractivity contribution is 4.90. The van der Waals surface area contributed by atoms with Gasteiger partial charge in [0.1, 0.15) is 0 Å². The quantitative estimate of drug-likeness (QED) is 0.770. The molecule has 2 atom stereocenters. The van der Waals surface area contributed by atoms with Crippen molar-refractivity contribution in [1.82, 2.24) is 10.6 Å². The summed E-state index contributed by atoms with van der Waals surface area (Å²) in [4.78, 5) is 0. The molecular formula is C14H28N2O. The molecule has 100 valence electrons. The van der Waals surface area contributed by atoms with Gasteiger partial charge in [-0.25, -0.2) is 0 Å². The molecule has 2 fully saturated rings. The molecule has 17 heavy (non-hydrogen) atoms. The molecule has 1 aliphatic carbocycles. The molecule has 0 radical (unpaired) electrons. The van der Waals surface area contributed by atoms with Gasteiger partial charge in [0.15, 0.2) is 0 Å². The average molecular weight is 240 g/mol. The number of ether oxygens (including phenoxy) is 1. The summed E-state index contributed by atoms with van der Waals surface area (Å²) in [6, 6.07) is 0.555. The summed E-state index contributed by atoms with van der Waals surface area (Å²) in [6.07, 6.45) is 6.88. The smallest absolute Gasteiger partial charge is 0.0623 e. The highest BCUT2D eigenvalue weighted by Gasteiger charge is 2.31. The fourth-order valence-corrected chi connectivity index (χ4v) is 3.17. The van der Waals surface area contributed by atoms with Crippen LogP contribution in [0.15, 0.2) is 0 Å². The number of hydrogen-bond donors (Lipinski definition) is 2. The van der Waals surface area contributed by atoms with Gasteiger partial charge in [0.25, 0.3) is 0 Å². The second-order valence-corrected chi connectivity index (χ2v) is 5.96. The van der Waals surface area contributed by atoms with Gasteiger partial charge in [-0.3, -0.25) is 0 Å². The molecule has 2 aliphatic rings. The molecule has 1 saturated carbocycles. The van der Waals surface area contributed by atoms with E-state index in [1.54, 1.807) is 0 Å². The summed E-state index contributed by atoms with van der Waals surface area (Å²) < 4.78 is 5.59. The van der Waals surface area contributed by atoms with E-state index >= 15 is 0 Å². The predicted molar refractivity (Wildman–Crippen MR) is 71.3 cm³/mol. The number of nitrogens with one attached hydrogen (secondary N) is 2. The van der Waals surface area contributed by atoms with Gasteiger partial charge >= 0.3 is 0 Å². The maximum Gasteiger partial charge on any atom is 0.0623 e. The van der Waals surface area contributed by atoms with E-state index in [0.29, 0.717) is 17.5 Å². The van der Waals surface area contributed by atoms with Crippen LogP contribution in [0, 0.1) is 5.92 Å². The van der Waals surface area contributed by atoms with E-state index in [1.165, 1.54) is 32.1 Å². The molecule has 0 aromatic rings. The zero-order chi connectivity index (χ0) is 12.1. The zero-order valence-electron chi connectivity index (χ0n) is 11.4. The van der Waals surface area contributed by atoms with Crippen LogP contribution < -0.4 is 10.6 Å². The van der Waals surface area contributed by atoms with Gasteiger partial charge in [-0.15, -0.1) is 0 Å². The normalized spacial score (nSPS) is 32.8. The molecule has 2 N–H and O–H groups in total. The summed E-state index contributed by atoms with van der Waals surface area (Å²) in [5.41, 5.74) is 0.387. The first-order chi connectivity index (χ1) is 8.23. The zero-order valence-corrected chi connectivity index (χ0v) is 11.4. The minimum absolute atomic E-state index is 0.387. The molecule has 2 rings (SSSR count). The second kappa shape index (κ2) is 6.17. The van der Waals surface area contributed by atoms with E-state index in [0.717, 1.165) is 26.3 Å². The molecule has 1 saturated heterocycles. The standard InChI is InChI=1S/C14H28N2O/c1-3-15-13-11-17-10-12(13)9-16-14(2)7-5-4-6-8-14/h12-13,15-16H,3-11H2,1-2H3. The van der Waals surface area contributed by atoms with Crippen molar-refractivity contribution in [3.63, 3.8) is 0 Å². The Bertz CT molecular complexity index is 226. The lowest BCUT2D eigenvalue weighted by molar-refractivity contribution is 0.177. The van der Waals surface area contributed by atoms with E-state index < -0.39 is 0 Å². The van der Waals surface area contributed by atoms with Crippen molar-refractivity contribution in [2.24, 2.45) is 5.92 Å². The van der Waals surface area contributed by atoms with E-state index in [2.05, 4.69) is 24.5 Å². The van der Waals surface area contributed by atoms with Crippen molar-refractivity contribution in [3.8, 4) is 0 Å². The number of hydrogen-bond acceptors (Lipinski definition) is 3. The monoisotopic (exact) mass is 240 g/mol. The lowest BCUT2D eigenvalue weighted by Crippen LogP contribution is -2.49. The van der Waals surface area contributed by atoms with Gasteiger partial charge in [0.2, 0.25) is 0 Å². The minimum Gasteiger partial charge on any atom is -0.379 e. The van der Waals surface area contributed by atoms with Gasteiger partial charge in [0, 0.05) is 24.0 Å². The Morgan fingerprint density at radius 1 is 1.18 bits per heavy atom. The first kappa shape index (κ1) is 13.3. The second-order valence-electron chi connectivity index (χ2n) is 5.96. The minimum atomic E-state index is 0.387. The Hall–Kier alpha value is -0.120. The summed E-state index contributed by atoms with van der Waals surface area (Å²) >= 11 is 0. The lowest BCUT2D eigenvalue weighted by atomic mass is 9.83. The maximum absolute atomic E-state index is 5.59. The first-order valence-electron chi connectivity index (χ1n) is 7.30. The molecular weight excluding hydrogens is 212 g/mol. The van der Waals surface area contributed by atoms with Gasteiger partial charge in [0.05, 0.1) is 13.2 Å². The molecule has 0 aromatic carbocycles. The lowest BCUT2D eigenvalue weighted by Gasteiger charge is -2.36. The topological polar surface area (TPSA) is 33.3 Å². The van der Waals surface area contributed by atoms with Crippen molar-refractivity contribution in [2.75, 3.05) is 26.3 Å². The van der Waals surface area contributed by atoms with Crippen molar-refractivity contribution in [2.45, 2.75) is 57.5 Å². The molecule has 3 heteroatoms. The predicted octanol–water partition coefficient (Wildman–Crippen LogP) is 1.92. The highest BCUT2D eigenvalue weighted by Crippen LogP contribution is 2.28. The third-order valence-corrected chi connectivity index (χ3v) is 4.41. The van der Waals surface area contributed by atoms with Gasteiger partial charge in [-0.05, 0) is 26.3 Å². The van der Waals surface area contributed by atoms with E-state index in [4.69, 9.17) is 4.74 Å². The van der Waals surface area contributed by atoms with Crippen molar-refractivity contribution in [3.05, 3.63) is 0 Å². The summed E-state index contributed by atoms with van der Waals surface area (Å²) in [5, 5.41) is 7.34. The van der Waals surface area contributed by atoms with Crippen LogP contribution in [0.3, 0.4) is 0 Å². The van der Waals surface area contributed by atoms with E-state index in [9.17, 15) is 0 Å². The first-order valence-corrected chi connectivity index (χ1v) is 7.30. The van der Waals surface area contributed by atoms with Crippen molar-refractivity contribution < 1.29 is 4.74 Å². The van der Waals surface area contributed by atoms with Crippen LogP contribution in [0.25, 0.3) is 0 Å². The summed E-state index contributed by atoms with van der Waals surface area (Å²) in [5.74, 6) is 0.647. The third-order valence-electron chi connectivity index (χ3n) is 4.41. The van der Waals surface area contributed by atoms with Gasteiger partial charge < -0.3 is 15.4 Å². The van der Waals surface area contributed by atoms with Crippen LogP contribution in [0.1, 0.15) is 46.0 Å². The van der Waals surface area contributed by atoms with Crippen LogP contribution >= 0.6 is 0 Å². The van der Waals surface area contributed by atoms with Crippen LogP contribution in [-0.2, 0) is 4.74 Å². The average Bonchev–Trinajstić information content (AvgIpc) is 2.76. The molecule has 1 heterocycles. The van der Waals surface area contributed by atoms with Crippen LogP contribution in [0.4, 0.5) is 0 Å². The van der Waals surface area contributed by atoms with Crippen LogP contribution in [0.5, 0.6) is 0 Å². The SMILES string of the molecule is CCNC1COCC1CNC1(C)CCCCC1. The van der Waals surface area contributed by atoms with Gasteiger partial charge in [-0.1, -0.05) is 26.2 Å². The molecule has 0 spiro atoms. The van der Waals surface area contributed by atoms with Crippen LogP contribution in [-0.4, -0.2) is 37.9 Å². The van der Waals surface area contributed by atoms with Crippen molar-refractivity contribution in [1.29, 1.82) is 0 Å². The highest BCUT2D eigenvalue weighted by atomic mass is 16.5. The van der Waals surface area contributed by atoms with Gasteiger partial charge in [-0.2, -0.15) is 0 Å². The number of rotatable bonds is 5. The Labute approximate surface area is 106 Å². The molecule has 0 bridgehead atoms. The largest absolute Gasteiger partial charge is 0.379 e. The molecule has 0 amide bonds. The molecule has 1 aliphatic heterocycles. The fourth-order valence-electron chi connectivity index (χ4n) is 3.17. The van der Waals surface area contributed by atoms with E-state index in [1.807, 2.05) is 0 Å². The summed E-state index contributed by atoms with van der Waals surface area (Å²) in [7, 11) is 0. The molecule has 3 nitrogen and oxygen atoms in total. The Balaban J connectivity index is 1.76. The fraction of sp³-hybridized carbons (Fsp3) is 1.00. The Morgan fingerprint density at radius 2 is 1.94 bits per heavy atom. The number of likely N-dealkylation sites (N-methyl/N-ethyl adjacent to an activating group) is 1. The Kier molecular flexibility index (Phi) is 4.83. The van der Waals surface area contributed by atoms with E-state index in [-0.39, 0.29) is 0 Å². The molecule has 2 unspecified atom stereocenters. The molecule has 0 aromatic heterocycles. The summed E-state index contributed by atoms with van der Waals surface area (Å²) in [6.45, 7) is 8.52. The van der Waals surface area contributed by atoms with Crippen molar-refractivity contribution >= 4 is 0 Å². The maximum atomic E-state index is 5.59. The third kappa shape index (κ3) is 3.67. The Morgan fingerprint density at radius 3 is 2.65 bits per heavy atom. The van der Waals surface area contributed by atoms with Crippen LogP contribution in [0.2, 0.25) is 0 Å².